The minimum absolute atomic E-state index is 0.0579. The number of non-ortho nitro benzene ring substituents is 1. The van der Waals surface area contributed by atoms with Crippen molar-refractivity contribution >= 4 is 23.5 Å². The van der Waals surface area contributed by atoms with E-state index in [0.29, 0.717) is 18.8 Å². The van der Waals surface area contributed by atoms with Gasteiger partial charge >= 0.3 is 5.97 Å². The molecule has 0 unspecified atom stereocenters. The summed E-state index contributed by atoms with van der Waals surface area (Å²) in [5, 5.41) is 19.9. The van der Waals surface area contributed by atoms with Crippen LogP contribution >= 0.6 is 0 Å². The van der Waals surface area contributed by atoms with E-state index in [1.165, 1.54) is 41.3 Å². The van der Waals surface area contributed by atoms with Crippen molar-refractivity contribution < 1.29 is 29.2 Å². The largest absolute Gasteiger partial charge is 0.484 e. The number of benzene rings is 2. The molecule has 1 saturated heterocycles. The highest BCUT2D eigenvalue weighted by Crippen LogP contribution is 2.18. The fourth-order valence-electron chi connectivity index (χ4n) is 3.09. The van der Waals surface area contributed by atoms with Gasteiger partial charge < -0.3 is 19.6 Å². The number of nitrogens with zero attached hydrogens (tertiary/aromatic N) is 3. The quantitative estimate of drug-likeness (QED) is 0.563. The lowest BCUT2D eigenvalue weighted by Crippen LogP contribution is -2.51. The predicted molar refractivity (Wildman–Crippen MR) is 104 cm³/mol. The number of carboxylic acid groups (broad SMARTS) is 1. The fourth-order valence-corrected chi connectivity index (χ4v) is 3.09. The normalized spacial score (nSPS) is 13.6. The number of carbonyl (C=O) groups is 3. The first-order valence-corrected chi connectivity index (χ1v) is 9.13. The van der Waals surface area contributed by atoms with E-state index in [-0.39, 0.29) is 48.3 Å². The highest BCUT2D eigenvalue weighted by atomic mass is 16.6. The number of ether oxygens (including phenoxy) is 1. The van der Waals surface area contributed by atoms with E-state index in [4.69, 9.17) is 4.74 Å². The van der Waals surface area contributed by atoms with Crippen molar-refractivity contribution in [1.29, 1.82) is 0 Å². The second-order valence-corrected chi connectivity index (χ2v) is 6.56. The minimum Gasteiger partial charge on any atom is -0.484 e. The predicted octanol–water partition coefficient (Wildman–Crippen LogP) is 1.66. The molecule has 0 saturated carbocycles. The number of hydrogen-bond acceptors (Lipinski definition) is 6. The number of amides is 2. The van der Waals surface area contributed by atoms with Crippen molar-refractivity contribution in [2.45, 2.75) is 0 Å². The van der Waals surface area contributed by atoms with Gasteiger partial charge in [0.05, 0.1) is 16.1 Å². The Morgan fingerprint density at radius 1 is 0.933 bits per heavy atom. The molecule has 3 rings (SSSR count). The van der Waals surface area contributed by atoms with Crippen LogP contribution in [0.15, 0.2) is 48.5 Å². The van der Waals surface area contributed by atoms with Crippen LogP contribution in [0.2, 0.25) is 0 Å². The molecule has 30 heavy (non-hydrogen) atoms. The third kappa shape index (κ3) is 4.72. The van der Waals surface area contributed by atoms with E-state index in [0.717, 1.165) is 0 Å². The monoisotopic (exact) mass is 413 g/mol. The lowest BCUT2D eigenvalue weighted by atomic mass is 10.1. The number of nitro benzene ring substituents is 1. The summed E-state index contributed by atoms with van der Waals surface area (Å²) in [5.74, 6) is -1.49. The van der Waals surface area contributed by atoms with Crippen molar-refractivity contribution in [2.24, 2.45) is 0 Å². The molecule has 1 N–H and O–H groups in total. The smallest absolute Gasteiger partial charge is 0.336 e. The molecule has 0 aromatic heterocycles. The number of carbonyl (C=O) groups excluding carboxylic acids is 2. The molecule has 0 aliphatic carbocycles. The van der Waals surface area contributed by atoms with Gasteiger partial charge in [-0.15, -0.1) is 0 Å². The number of carboxylic acids is 1. The summed E-state index contributed by atoms with van der Waals surface area (Å²) in [6.45, 7) is 0.909. The first kappa shape index (κ1) is 20.8. The van der Waals surface area contributed by atoms with Gasteiger partial charge in [-0.05, 0) is 24.3 Å². The average Bonchev–Trinajstić information content (AvgIpc) is 2.77. The zero-order valence-corrected chi connectivity index (χ0v) is 15.9. The minimum atomic E-state index is -1.17. The fraction of sp³-hybridized carbons (Fsp3) is 0.250. The van der Waals surface area contributed by atoms with Crippen LogP contribution in [-0.4, -0.2) is 70.4 Å². The molecule has 0 radical (unpaired) electrons. The lowest BCUT2D eigenvalue weighted by Gasteiger charge is -2.35. The van der Waals surface area contributed by atoms with Crippen LogP contribution in [0.4, 0.5) is 5.69 Å². The summed E-state index contributed by atoms with van der Waals surface area (Å²) < 4.78 is 5.38. The van der Waals surface area contributed by atoms with Crippen LogP contribution in [0.25, 0.3) is 0 Å². The van der Waals surface area contributed by atoms with Crippen LogP contribution in [0.5, 0.6) is 5.75 Å². The highest BCUT2D eigenvalue weighted by molar-refractivity contribution is 6.04. The van der Waals surface area contributed by atoms with Crippen molar-refractivity contribution in [3.05, 3.63) is 69.8 Å². The Balaban J connectivity index is 1.52. The Hall–Kier alpha value is -3.95. The lowest BCUT2D eigenvalue weighted by molar-refractivity contribution is -0.384. The number of rotatable bonds is 6. The molecule has 156 valence electrons. The Morgan fingerprint density at radius 2 is 1.50 bits per heavy atom. The molecule has 0 bridgehead atoms. The van der Waals surface area contributed by atoms with Crippen molar-refractivity contribution in [1.82, 2.24) is 9.80 Å². The Kier molecular flexibility index (Phi) is 6.26. The molecule has 2 aromatic carbocycles. The zero-order chi connectivity index (χ0) is 21.7. The molecule has 2 amide bonds. The van der Waals surface area contributed by atoms with Gasteiger partial charge in [-0.2, -0.15) is 0 Å². The maximum Gasteiger partial charge on any atom is 0.336 e. The SMILES string of the molecule is O=C(O)c1ccccc1C(=O)N1CCN(C(=O)COc2ccc([N+](=O)[O-])cc2)CC1. The van der Waals surface area contributed by atoms with Crippen LogP contribution < -0.4 is 4.74 Å². The Morgan fingerprint density at radius 3 is 2.07 bits per heavy atom. The maximum absolute atomic E-state index is 12.7. The van der Waals surface area contributed by atoms with Crippen LogP contribution in [0.1, 0.15) is 20.7 Å². The maximum atomic E-state index is 12.7. The zero-order valence-electron chi connectivity index (χ0n) is 15.9. The van der Waals surface area contributed by atoms with Crippen LogP contribution in [0.3, 0.4) is 0 Å². The van der Waals surface area contributed by atoms with Gasteiger partial charge in [0, 0.05) is 38.3 Å². The molecular formula is C20H19N3O7. The summed E-state index contributed by atoms with van der Waals surface area (Å²) in [5.41, 5.74) is -0.0114. The summed E-state index contributed by atoms with van der Waals surface area (Å²) in [6.07, 6.45) is 0. The van der Waals surface area contributed by atoms with Gasteiger partial charge in [0.1, 0.15) is 5.75 Å². The Labute approximate surface area is 171 Å². The van der Waals surface area contributed by atoms with Gasteiger partial charge in [-0.3, -0.25) is 19.7 Å². The van der Waals surface area contributed by atoms with Crippen molar-refractivity contribution in [3.63, 3.8) is 0 Å². The molecule has 1 aliphatic rings. The van der Waals surface area contributed by atoms with E-state index >= 15 is 0 Å². The highest BCUT2D eigenvalue weighted by Gasteiger charge is 2.27. The van der Waals surface area contributed by atoms with Gasteiger partial charge in [-0.25, -0.2) is 4.79 Å². The molecule has 0 atom stereocenters. The van der Waals surface area contributed by atoms with Crippen LogP contribution in [-0.2, 0) is 4.79 Å². The number of nitro groups is 1. The molecule has 1 heterocycles. The first-order chi connectivity index (χ1) is 14.4. The second-order valence-electron chi connectivity index (χ2n) is 6.56. The van der Waals surface area contributed by atoms with Gasteiger partial charge in [0.25, 0.3) is 17.5 Å². The molecule has 2 aromatic rings. The van der Waals surface area contributed by atoms with E-state index < -0.39 is 10.9 Å². The second kappa shape index (κ2) is 9.03. The van der Waals surface area contributed by atoms with E-state index in [2.05, 4.69) is 0 Å². The van der Waals surface area contributed by atoms with Crippen molar-refractivity contribution in [2.75, 3.05) is 32.8 Å². The summed E-state index contributed by atoms with van der Waals surface area (Å²) in [4.78, 5) is 49.5. The number of hydrogen-bond donors (Lipinski definition) is 1. The van der Waals surface area contributed by atoms with Gasteiger partial charge in [0.15, 0.2) is 6.61 Å². The van der Waals surface area contributed by atoms with Crippen molar-refractivity contribution in [3.8, 4) is 5.75 Å². The topological polar surface area (TPSA) is 130 Å². The van der Waals surface area contributed by atoms with Crippen LogP contribution in [0, 0.1) is 10.1 Å². The average molecular weight is 413 g/mol. The molecular weight excluding hydrogens is 394 g/mol. The van der Waals surface area contributed by atoms with Gasteiger partial charge in [-0.1, -0.05) is 12.1 Å². The van der Waals surface area contributed by atoms with E-state index in [1.54, 1.807) is 17.0 Å². The Bertz CT molecular complexity index is 967. The molecule has 1 aliphatic heterocycles. The molecule has 10 nitrogen and oxygen atoms in total. The standard InChI is InChI=1S/C20H19N3O7/c24-18(13-30-15-7-5-14(6-8-15)23(28)29)21-9-11-22(12-10-21)19(25)16-3-1-2-4-17(16)20(26)27/h1-8H,9-13H2,(H,26,27). The van der Waals surface area contributed by atoms with E-state index in [1.807, 2.05) is 0 Å². The number of aromatic carboxylic acids is 1. The first-order valence-electron chi connectivity index (χ1n) is 9.13. The summed E-state index contributed by atoms with van der Waals surface area (Å²) in [6, 6.07) is 11.4. The summed E-state index contributed by atoms with van der Waals surface area (Å²) in [7, 11) is 0. The summed E-state index contributed by atoms with van der Waals surface area (Å²) >= 11 is 0. The third-order valence-corrected chi connectivity index (χ3v) is 4.72. The van der Waals surface area contributed by atoms with E-state index in [9.17, 15) is 29.6 Å². The number of piperazine rings is 1. The molecule has 10 heteroatoms. The molecule has 1 fully saturated rings. The third-order valence-electron chi connectivity index (χ3n) is 4.72. The molecule has 0 spiro atoms. The van der Waals surface area contributed by atoms with Gasteiger partial charge in [0.2, 0.25) is 0 Å².